The van der Waals surface area contributed by atoms with Crippen molar-refractivity contribution in [1.29, 1.82) is 0 Å². The summed E-state index contributed by atoms with van der Waals surface area (Å²) in [4.78, 5) is 3.61. The minimum atomic E-state index is -4.15. The zero-order valence-electron chi connectivity index (χ0n) is 10.7. The molecule has 0 unspecified atom stereocenters. The first-order valence-electron chi connectivity index (χ1n) is 5.43. The van der Waals surface area contributed by atoms with Crippen molar-refractivity contribution < 1.29 is 21.0 Å². The van der Waals surface area contributed by atoms with Crippen molar-refractivity contribution in [2.24, 2.45) is 7.05 Å². The number of benzene rings is 1. The van der Waals surface area contributed by atoms with E-state index in [0.29, 0.717) is 0 Å². The van der Waals surface area contributed by atoms with E-state index in [1.54, 1.807) is 18.2 Å². The fourth-order valence-electron chi connectivity index (χ4n) is 1.60. The fourth-order valence-corrected chi connectivity index (χ4v) is 3.55. The summed E-state index contributed by atoms with van der Waals surface area (Å²) in [6.07, 6.45) is 1.90. The Bertz CT molecular complexity index is 823. The standard InChI is InChI=1S/C11H12N2O5S2/c1-13-10(8-12-11(13)19(2,14)15)20(16,17)18-9-6-4-3-5-7-9/h3-8H,1-2H3. The van der Waals surface area contributed by atoms with Crippen LogP contribution in [0.25, 0.3) is 0 Å². The van der Waals surface area contributed by atoms with Crippen molar-refractivity contribution >= 4 is 20.0 Å². The van der Waals surface area contributed by atoms with Gasteiger partial charge in [0, 0.05) is 13.3 Å². The first-order chi connectivity index (χ1) is 9.22. The maximum absolute atomic E-state index is 12.1. The molecule has 108 valence electrons. The second-order valence-electron chi connectivity index (χ2n) is 4.06. The van der Waals surface area contributed by atoms with Gasteiger partial charge in [-0.3, -0.25) is 0 Å². The molecule has 0 bridgehead atoms. The van der Waals surface area contributed by atoms with Crippen LogP contribution in [-0.2, 0) is 27.0 Å². The average molecular weight is 316 g/mol. The summed E-state index contributed by atoms with van der Waals surface area (Å²) in [5.74, 6) is 0.134. The minimum absolute atomic E-state index is 0.134. The molecule has 0 aliphatic rings. The molecule has 20 heavy (non-hydrogen) atoms. The van der Waals surface area contributed by atoms with Crippen LogP contribution in [0, 0.1) is 0 Å². The molecule has 0 N–H and O–H groups in total. The molecular weight excluding hydrogens is 304 g/mol. The Hall–Kier alpha value is -1.87. The van der Waals surface area contributed by atoms with Crippen LogP contribution in [0.3, 0.4) is 0 Å². The highest BCUT2D eigenvalue weighted by Crippen LogP contribution is 2.19. The Morgan fingerprint density at radius 3 is 2.20 bits per heavy atom. The first-order valence-corrected chi connectivity index (χ1v) is 8.73. The van der Waals surface area contributed by atoms with E-state index in [1.807, 2.05) is 0 Å². The number of nitrogens with zero attached hydrogens (tertiary/aromatic N) is 2. The second kappa shape index (κ2) is 4.91. The molecule has 0 aliphatic heterocycles. The van der Waals surface area contributed by atoms with Gasteiger partial charge in [-0.15, -0.1) is 0 Å². The summed E-state index contributed by atoms with van der Waals surface area (Å²) < 4.78 is 52.9. The summed E-state index contributed by atoms with van der Waals surface area (Å²) in [6, 6.07) is 7.91. The number of rotatable bonds is 4. The number of sulfone groups is 1. The van der Waals surface area contributed by atoms with Crippen LogP contribution in [0.1, 0.15) is 0 Å². The number of aromatic nitrogens is 2. The van der Waals surface area contributed by atoms with E-state index in [4.69, 9.17) is 4.18 Å². The van der Waals surface area contributed by atoms with Gasteiger partial charge in [0.25, 0.3) is 0 Å². The van der Waals surface area contributed by atoms with Crippen molar-refractivity contribution in [3.05, 3.63) is 36.5 Å². The van der Waals surface area contributed by atoms with E-state index in [1.165, 1.54) is 19.2 Å². The van der Waals surface area contributed by atoms with Crippen LogP contribution in [-0.4, -0.2) is 32.6 Å². The molecule has 0 amide bonds. The van der Waals surface area contributed by atoms with Gasteiger partial charge in [0.1, 0.15) is 5.75 Å². The van der Waals surface area contributed by atoms with Crippen LogP contribution >= 0.6 is 0 Å². The van der Waals surface area contributed by atoms with E-state index >= 15 is 0 Å². The Morgan fingerprint density at radius 2 is 1.70 bits per heavy atom. The quantitative estimate of drug-likeness (QED) is 0.766. The smallest absolute Gasteiger partial charge is 0.356 e. The molecule has 0 aliphatic carbocycles. The first kappa shape index (κ1) is 14.5. The predicted octanol–water partition coefficient (Wildman–Crippen LogP) is 0.591. The molecule has 1 aromatic heterocycles. The molecule has 0 saturated heterocycles. The van der Waals surface area contributed by atoms with Crippen LogP contribution < -0.4 is 4.18 Å². The van der Waals surface area contributed by atoms with Gasteiger partial charge >= 0.3 is 10.1 Å². The zero-order chi connectivity index (χ0) is 15.0. The highest BCUT2D eigenvalue weighted by atomic mass is 32.2. The van der Waals surface area contributed by atoms with Crippen molar-refractivity contribution in [1.82, 2.24) is 9.55 Å². The van der Waals surface area contributed by atoms with Crippen molar-refractivity contribution in [3.63, 3.8) is 0 Å². The van der Waals surface area contributed by atoms with E-state index in [2.05, 4.69) is 4.98 Å². The lowest BCUT2D eigenvalue weighted by atomic mass is 10.3. The predicted molar refractivity (Wildman–Crippen MR) is 70.6 cm³/mol. The Morgan fingerprint density at radius 1 is 1.10 bits per heavy atom. The molecule has 7 nitrogen and oxygen atoms in total. The summed E-state index contributed by atoms with van der Waals surface area (Å²) >= 11 is 0. The summed E-state index contributed by atoms with van der Waals surface area (Å²) in [5.41, 5.74) is 0. The lowest BCUT2D eigenvalue weighted by molar-refractivity contribution is 0.475. The van der Waals surface area contributed by atoms with Gasteiger partial charge < -0.3 is 8.75 Å². The molecule has 2 aromatic rings. The number of imidazole rings is 1. The van der Waals surface area contributed by atoms with Gasteiger partial charge in [-0.1, -0.05) is 18.2 Å². The van der Waals surface area contributed by atoms with Gasteiger partial charge in [0.2, 0.25) is 15.0 Å². The molecule has 1 heterocycles. The van der Waals surface area contributed by atoms with Crippen molar-refractivity contribution in [2.75, 3.05) is 6.26 Å². The van der Waals surface area contributed by atoms with Crippen molar-refractivity contribution in [3.8, 4) is 5.75 Å². The topological polar surface area (TPSA) is 95.3 Å². The van der Waals surface area contributed by atoms with E-state index < -0.39 is 20.0 Å². The van der Waals surface area contributed by atoms with E-state index in [0.717, 1.165) is 17.0 Å². The van der Waals surface area contributed by atoms with Crippen LogP contribution in [0.5, 0.6) is 5.75 Å². The largest absolute Gasteiger partial charge is 0.378 e. The summed E-state index contributed by atoms with van der Waals surface area (Å²) in [6.45, 7) is 0. The number of hydrogen-bond donors (Lipinski definition) is 0. The molecule has 1 aromatic carbocycles. The van der Waals surface area contributed by atoms with Gasteiger partial charge in [0.15, 0.2) is 5.03 Å². The maximum Gasteiger partial charge on any atom is 0.356 e. The van der Waals surface area contributed by atoms with Gasteiger partial charge in [-0.05, 0) is 12.1 Å². The third-order valence-electron chi connectivity index (χ3n) is 2.44. The average Bonchev–Trinajstić information content (AvgIpc) is 2.72. The van der Waals surface area contributed by atoms with Crippen LogP contribution in [0.15, 0.2) is 46.7 Å². The normalized spacial score (nSPS) is 12.3. The molecule has 0 radical (unpaired) electrons. The van der Waals surface area contributed by atoms with E-state index in [-0.39, 0.29) is 15.9 Å². The van der Waals surface area contributed by atoms with Crippen molar-refractivity contribution in [2.45, 2.75) is 10.2 Å². The maximum atomic E-state index is 12.1. The zero-order valence-corrected chi connectivity index (χ0v) is 12.3. The summed E-state index contributed by atoms with van der Waals surface area (Å²) in [7, 11) is -6.47. The monoisotopic (exact) mass is 316 g/mol. The lowest BCUT2D eigenvalue weighted by Crippen LogP contribution is -2.15. The number of hydrogen-bond acceptors (Lipinski definition) is 6. The van der Waals surface area contributed by atoms with Crippen LogP contribution in [0.4, 0.5) is 0 Å². The van der Waals surface area contributed by atoms with Gasteiger partial charge in [-0.25, -0.2) is 13.4 Å². The summed E-state index contributed by atoms with van der Waals surface area (Å²) in [5, 5.41) is -0.672. The highest BCUT2D eigenvalue weighted by molar-refractivity contribution is 7.90. The molecule has 0 saturated carbocycles. The van der Waals surface area contributed by atoms with Gasteiger partial charge in [0.05, 0.1) is 6.20 Å². The lowest BCUT2D eigenvalue weighted by Gasteiger charge is -2.07. The molecule has 2 rings (SSSR count). The molecular formula is C11H12N2O5S2. The minimum Gasteiger partial charge on any atom is -0.378 e. The Kier molecular flexibility index (Phi) is 3.57. The Labute approximate surface area is 116 Å². The third-order valence-corrected chi connectivity index (χ3v) is 4.79. The van der Waals surface area contributed by atoms with E-state index in [9.17, 15) is 16.8 Å². The molecule has 0 spiro atoms. The third kappa shape index (κ3) is 2.83. The molecule has 0 fully saturated rings. The van der Waals surface area contributed by atoms with Crippen LogP contribution in [0.2, 0.25) is 0 Å². The molecule has 0 atom stereocenters. The Balaban J connectivity index is 2.44. The SMILES string of the molecule is Cn1c(S(=O)(=O)Oc2ccccc2)cnc1S(C)(=O)=O. The number of para-hydroxylation sites is 1. The second-order valence-corrected chi connectivity index (χ2v) is 7.46. The van der Waals surface area contributed by atoms with Gasteiger partial charge in [-0.2, -0.15) is 8.42 Å². The highest BCUT2D eigenvalue weighted by Gasteiger charge is 2.26. The molecule has 9 heteroatoms. The fraction of sp³-hybridized carbons (Fsp3) is 0.182.